The van der Waals surface area contributed by atoms with Crippen LogP contribution in [0.4, 0.5) is 0 Å². The zero-order valence-corrected chi connectivity index (χ0v) is 5.55. The van der Waals surface area contributed by atoms with Crippen LogP contribution >= 0.6 is 0 Å². The van der Waals surface area contributed by atoms with E-state index in [2.05, 4.69) is 4.74 Å². The van der Waals surface area contributed by atoms with Gasteiger partial charge in [-0.05, 0) is 6.92 Å². The van der Waals surface area contributed by atoms with Crippen LogP contribution in [0.5, 0.6) is 0 Å². The van der Waals surface area contributed by atoms with Crippen LogP contribution in [0.1, 0.15) is 6.92 Å². The van der Waals surface area contributed by atoms with E-state index >= 15 is 0 Å². The van der Waals surface area contributed by atoms with Gasteiger partial charge < -0.3 is 9.84 Å². The van der Waals surface area contributed by atoms with Gasteiger partial charge in [-0.2, -0.15) is 0 Å². The summed E-state index contributed by atoms with van der Waals surface area (Å²) >= 11 is 0. The minimum atomic E-state index is -0.917. The molecular formula is C6H10O3. The lowest BCUT2D eigenvalue weighted by Gasteiger charge is -1.96. The van der Waals surface area contributed by atoms with Gasteiger partial charge in [0, 0.05) is 7.11 Å². The molecule has 52 valence electrons. The molecule has 0 aromatic rings. The van der Waals surface area contributed by atoms with E-state index in [1.54, 1.807) is 6.92 Å². The quantitative estimate of drug-likeness (QED) is 0.571. The highest BCUT2D eigenvalue weighted by molar-refractivity contribution is 5.86. The zero-order chi connectivity index (χ0) is 7.28. The largest absolute Gasteiger partial charge is 0.478 e. The first-order chi connectivity index (χ1) is 4.22. The fourth-order valence-corrected chi connectivity index (χ4v) is 0.424. The van der Waals surface area contributed by atoms with E-state index in [1.807, 2.05) is 0 Å². The smallest absolute Gasteiger partial charge is 0.333 e. The van der Waals surface area contributed by atoms with Crippen molar-refractivity contribution in [3.8, 4) is 0 Å². The second kappa shape index (κ2) is 4.09. The van der Waals surface area contributed by atoms with E-state index in [-0.39, 0.29) is 12.2 Å². The van der Waals surface area contributed by atoms with Crippen LogP contribution in [0.3, 0.4) is 0 Å². The third kappa shape index (κ3) is 2.87. The number of carboxylic acid groups (broad SMARTS) is 1. The van der Waals surface area contributed by atoms with Crippen LogP contribution < -0.4 is 0 Å². The molecule has 0 aliphatic rings. The van der Waals surface area contributed by atoms with E-state index in [4.69, 9.17) is 5.11 Å². The van der Waals surface area contributed by atoms with Gasteiger partial charge in [0.1, 0.15) is 0 Å². The lowest BCUT2D eigenvalue weighted by Crippen LogP contribution is -2.05. The lowest BCUT2D eigenvalue weighted by atomic mass is 10.3. The number of methoxy groups -OCH3 is 1. The number of allylic oxidation sites excluding steroid dienone is 1. The molecule has 0 atom stereocenters. The first kappa shape index (κ1) is 8.17. The van der Waals surface area contributed by atoms with Crippen molar-refractivity contribution in [2.75, 3.05) is 13.7 Å². The molecule has 3 heteroatoms. The minimum Gasteiger partial charge on any atom is -0.478 e. The highest BCUT2D eigenvalue weighted by atomic mass is 16.5. The molecule has 0 aliphatic carbocycles. The van der Waals surface area contributed by atoms with Crippen molar-refractivity contribution in [1.82, 2.24) is 0 Å². The first-order valence-corrected chi connectivity index (χ1v) is 2.59. The molecule has 0 amide bonds. The standard InChI is InChI=1S/C6H10O3/c1-3-5(4-9-2)6(7)8/h3H,4H2,1-2H3,(H,7,8). The molecule has 0 spiro atoms. The molecular weight excluding hydrogens is 120 g/mol. The first-order valence-electron chi connectivity index (χ1n) is 2.59. The maximum atomic E-state index is 10.2. The monoisotopic (exact) mass is 130 g/mol. The molecule has 0 saturated heterocycles. The summed E-state index contributed by atoms with van der Waals surface area (Å²) in [6.07, 6.45) is 1.52. The molecule has 0 aromatic heterocycles. The number of rotatable bonds is 3. The normalized spacial score (nSPS) is 11.6. The third-order valence-corrected chi connectivity index (χ3v) is 0.923. The summed E-state index contributed by atoms with van der Waals surface area (Å²) in [7, 11) is 1.46. The van der Waals surface area contributed by atoms with E-state index in [9.17, 15) is 4.79 Å². The van der Waals surface area contributed by atoms with Crippen LogP contribution in [-0.4, -0.2) is 24.8 Å². The third-order valence-electron chi connectivity index (χ3n) is 0.923. The number of carboxylic acids is 1. The summed E-state index contributed by atoms with van der Waals surface area (Å²) in [4.78, 5) is 10.2. The Kier molecular flexibility index (Phi) is 3.71. The highest BCUT2D eigenvalue weighted by Crippen LogP contribution is 1.92. The van der Waals surface area contributed by atoms with Gasteiger partial charge in [-0.25, -0.2) is 4.79 Å². The predicted molar refractivity (Wildman–Crippen MR) is 33.3 cm³/mol. The Morgan fingerprint density at radius 1 is 1.78 bits per heavy atom. The number of carbonyl (C=O) groups is 1. The van der Waals surface area contributed by atoms with Crippen molar-refractivity contribution >= 4 is 5.97 Å². The van der Waals surface area contributed by atoms with E-state index < -0.39 is 5.97 Å². The summed E-state index contributed by atoms with van der Waals surface area (Å²) in [5.41, 5.74) is 0.289. The predicted octanol–water partition coefficient (Wildman–Crippen LogP) is 0.664. The number of hydrogen-bond acceptors (Lipinski definition) is 2. The number of hydrogen-bond donors (Lipinski definition) is 1. The highest BCUT2D eigenvalue weighted by Gasteiger charge is 2.02. The van der Waals surface area contributed by atoms with Gasteiger partial charge in [-0.15, -0.1) is 0 Å². The number of ether oxygens (including phenoxy) is 1. The fraction of sp³-hybridized carbons (Fsp3) is 0.500. The second-order valence-corrected chi connectivity index (χ2v) is 1.55. The molecule has 0 radical (unpaired) electrons. The Hall–Kier alpha value is -0.830. The summed E-state index contributed by atoms with van der Waals surface area (Å²) < 4.78 is 4.61. The van der Waals surface area contributed by atoms with Crippen LogP contribution in [-0.2, 0) is 9.53 Å². The van der Waals surface area contributed by atoms with Gasteiger partial charge in [0.15, 0.2) is 0 Å². The van der Waals surface area contributed by atoms with Crippen molar-refractivity contribution in [2.24, 2.45) is 0 Å². The summed E-state index contributed by atoms with van der Waals surface area (Å²) in [5, 5.41) is 8.36. The maximum Gasteiger partial charge on any atom is 0.333 e. The van der Waals surface area contributed by atoms with Gasteiger partial charge in [0.05, 0.1) is 12.2 Å². The molecule has 0 aliphatic heterocycles. The van der Waals surface area contributed by atoms with Crippen LogP contribution in [0.2, 0.25) is 0 Å². The lowest BCUT2D eigenvalue weighted by molar-refractivity contribution is -0.133. The molecule has 0 fully saturated rings. The van der Waals surface area contributed by atoms with Gasteiger partial charge in [-0.3, -0.25) is 0 Å². The molecule has 3 nitrogen and oxygen atoms in total. The molecule has 0 rings (SSSR count). The Labute approximate surface area is 53.9 Å². The van der Waals surface area contributed by atoms with Crippen LogP contribution in [0.15, 0.2) is 11.6 Å². The molecule has 0 aromatic carbocycles. The minimum absolute atomic E-state index is 0.172. The van der Waals surface area contributed by atoms with Crippen molar-refractivity contribution in [3.63, 3.8) is 0 Å². The Morgan fingerprint density at radius 3 is 2.44 bits per heavy atom. The Bertz CT molecular complexity index is 126. The van der Waals surface area contributed by atoms with Gasteiger partial charge in [-0.1, -0.05) is 6.08 Å². The SMILES string of the molecule is CC=C(COC)C(=O)O. The van der Waals surface area contributed by atoms with E-state index in [0.29, 0.717) is 0 Å². The zero-order valence-electron chi connectivity index (χ0n) is 5.55. The van der Waals surface area contributed by atoms with Crippen molar-refractivity contribution < 1.29 is 14.6 Å². The molecule has 1 N–H and O–H groups in total. The van der Waals surface area contributed by atoms with Gasteiger partial charge in [0.25, 0.3) is 0 Å². The van der Waals surface area contributed by atoms with Crippen molar-refractivity contribution in [2.45, 2.75) is 6.92 Å². The van der Waals surface area contributed by atoms with Crippen molar-refractivity contribution in [1.29, 1.82) is 0 Å². The molecule has 9 heavy (non-hydrogen) atoms. The van der Waals surface area contributed by atoms with Gasteiger partial charge in [0.2, 0.25) is 0 Å². The van der Waals surface area contributed by atoms with Crippen molar-refractivity contribution in [3.05, 3.63) is 11.6 Å². The van der Waals surface area contributed by atoms with E-state index in [0.717, 1.165) is 0 Å². The molecule has 0 heterocycles. The van der Waals surface area contributed by atoms with Gasteiger partial charge >= 0.3 is 5.97 Å². The summed E-state index contributed by atoms with van der Waals surface area (Å²) in [6.45, 7) is 1.84. The molecule has 0 unspecified atom stereocenters. The Morgan fingerprint density at radius 2 is 2.33 bits per heavy atom. The maximum absolute atomic E-state index is 10.2. The average molecular weight is 130 g/mol. The Balaban J connectivity index is 3.85. The van der Waals surface area contributed by atoms with E-state index in [1.165, 1.54) is 13.2 Å². The molecule has 0 saturated carbocycles. The van der Waals surface area contributed by atoms with Crippen LogP contribution in [0, 0.1) is 0 Å². The second-order valence-electron chi connectivity index (χ2n) is 1.55. The average Bonchev–Trinajstić information content (AvgIpc) is 1.82. The topological polar surface area (TPSA) is 46.5 Å². The molecule has 0 bridgehead atoms. The summed E-state index contributed by atoms with van der Waals surface area (Å²) in [6, 6.07) is 0. The fourth-order valence-electron chi connectivity index (χ4n) is 0.424. The van der Waals surface area contributed by atoms with Crippen LogP contribution in [0.25, 0.3) is 0 Å². The number of aliphatic carboxylic acids is 1. The summed E-state index contributed by atoms with van der Waals surface area (Å²) in [5.74, 6) is -0.917.